The number of fused-ring (bicyclic) bond motifs is 1. The first kappa shape index (κ1) is 7.91. The van der Waals surface area contributed by atoms with Crippen molar-refractivity contribution in [2.75, 3.05) is 6.67 Å². The average molecular weight is 176 g/mol. The van der Waals surface area contributed by atoms with E-state index < -0.39 is 11.4 Å². The lowest BCUT2D eigenvalue weighted by atomic mass is 9.80. The summed E-state index contributed by atoms with van der Waals surface area (Å²) < 4.78 is 0. The Balaban J connectivity index is 2.53. The van der Waals surface area contributed by atoms with Gasteiger partial charge in [-0.1, -0.05) is 18.2 Å². The molecular formula is C9H8N2O2. The summed E-state index contributed by atoms with van der Waals surface area (Å²) in [6.07, 6.45) is 8.22. The molecule has 66 valence electrons. The highest BCUT2D eigenvalue weighted by Crippen LogP contribution is 2.26. The fourth-order valence-corrected chi connectivity index (χ4v) is 1.41. The first-order valence-electron chi connectivity index (χ1n) is 3.91. The molecule has 1 aliphatic carbocycles. The van der Waals surface area contributed by atoms with Gasteiger partial charge in [0.1, 0.15) is 6.67 Å². The van der Waals surface area contributed by atoms with Crippen molar-refractivity contribution in [1.29, 1.82) is 0 Å². The number of carboxylic acid groups (broad SMARTS) is 1. The highest BCUT2D eigenvalue weighted by atomic mass is 16.4. The van der Waals surface area contributed by atoms with E-state index in [0.29, 0.717) is 12.4 Å². The summed E-state index contributed by atoms with van der Waals surface area (Å²) in [6.45, 7) is 0.322. The standard InChI is InChI=1S/C9H8N2O2/c12-8(13)9-4-2-1-3-7(9)11-6-10-5-9/h1-5H,6H2,(H,12,13). The van der Waals surface area contributed by atoms with E-state index in [1.165, 1.54) is 6.21 Å². The zero-order valence-corrected chi connectivity index (χ0v) is 6.84. The molecule has 4 heteroatoms. The Morgan fingerprint density at radius 3 is 3.08 bits per heavy atom. The number of aliphatic imine (C=N–C) groups is 2. The third kappa shape index (κ3) is 1.02. The number of hydrogen-bond acceptors (Lipinski definition) is 3. The zero-order chi connectivity index (χ0) is 9.31. The van der Waals surface area contributed by atoms with Gasteiger partial charge in [-0.3, -0.25) is 14.8 Å². The second-order valence-electron chi connectivity index (χ2n) is 2.89. The van der Waals surface area contributed by atoms with Gasteiger partial charge in [0.25, 0.3) is 0 Å². The van der Waals surface area contributed by atoms with Crippen LogP contribution in [0.25, 0.3) is 0 Å². The number of carbonyl (C=O) groups is 1. The van der Waals surface area contributed by atoms with Gasteiger partial charge in [0.2, 0.25) is 0 Å². The van der Waals surface area contributed by atoms with E-state index in [9.17, 15) is 4.79 Å². The summed E-state index contributed by atoms with van der Waals surface area (Å²) in [7, 11) is 0. The summed E-state index contributed by atoms with van der Waals surface area (Å²) in [5.74, 6) is -0.935. The molecule has 0 fully saturated rings. The van der Waals surface area contributed by atoms with Crippen molar-refractivity contribution in [3.63, 3.8) is 0 Å². The second kappa shape index (κ2) is 2.65. The number of aliphatic carboxylic acids is 1. The van der Waals surface area contributed by atoms with Crippen LogP contribution in [0.1, 0.15) is 0 Å². The van der Waals surface area contributed by atoms with Gasteiger partial charge in [0.05, 0.1) is 5.71 Å². The molecule has 1 N–H and O–H groups in total. The quantitative estimate of drug-likeness (QED) is 0.638. The minimum atomic E-state index is -1.12. The monoisotopic (exact) mass is 176 g/mol. The van der Waals surface area contributed by atoms with E-state index in [-0.39, 0.29) is 0 Å². The van der Waals surface area contributed by atoms with Crippen LogP contribution < -0.4 is 0 Å². The molecule has 1 unspecified atom stereocenters. The van der Waals surface area contributed by atoms with Crippen molar-refractivity contribution >= 4 is 17.9 Å². The van der Waals surface area contributed by atoms with Crippen LogP contribution in [0.4, 0.5) is 0 Å². The summed E-state index contributed by atoms with van der Waals surface area (Å²) in [5.41, 5.74) is -0.565. The Bertz CT molecular complexity index is 366. The van der Waals surface area contributed by atoms with Gasteiger partial charge in [0, 0.05) is 6.21 Å². The van der Waals surface area contributed by atoms with Crippen LogP contribution in [0, 0.1) is 5.41 Å². The van der Waals surface area contributed by atoms with E-state index in [0.717, 1.165) is 0 Å². The molecule has 1 aliphatic heterocycles. The lowest BCUT2D eigenvalue weighted by molar-refractivity contribution is -0.139. The van der Waals surface area contributed by atoms with Crippen molar-refractivity contribution in [1.82, 2.24) is 0 Å². The van der Waals surface area contributed by atoms with E-state index in [1.807, 2.05) is 0 Å². The molecule has 0 amide bonds. The van der Waals surface area contributed by atoms with Crippen LogP contribution in [-0.4, -0.2) is 29.7 Å². The van der Waals surface area contributed by atoms with Crippen molar-refractivity contribution < 1.29 is 9.90 Å². The minimum absolute atomic E-state index is 0.322. The first-order valence-corrected chi connectivity index (χ1v) is 3.91. The van der Waals surface area contributed by atoms with Gasteiger partial charge in [-0.05, 0) is 6.08 Å². The highest BCUT2D eigenvalue weighted by molar-refractivity contribution is 6.25. The number of allylic oxidation sites excluding steroid dienone is 3. The van der Waals surface area contributed by atoms with Crippen molar-refractivity contribution in [2.45, 2.75) is 0 Å². The number of nitrogens with zero attached hydrogens (tertiary/aromatic N) is 2. The van der Waals surface area contributed by atoms with Crippen LogP contribution in [0.5, 0.6) is 0 Å². The van der Waals surface area contributed by atoms with Gasteiger partial charge < -0.3 is 5.11 Å². The molecule has 0 aromatic rings. The van der Waals surface area contributed by atoms with Gasteiger partial charge in [-0.25, -0.2) is 0 Å². The Hall–Kier alpha value is -1.71. The van der Waals surface area contributed by atoms with Crippen LogP contribution in [-0.2, 0) is 4.79 Å². The predicted molar refractivity (Wildman–Crippen MR) is 49.1 cm³/mol. The smallest absolute Gasteiger partial charge is 0.325 e. The third-order valence-electron chi connectivity index (χ3n) is 2.12. The molecule has 0 aromatic carbocycles. The largest absolute Gasteiger partial charge is 0.480 e. The normalized spacial score (nSPS) is 29.7. The SMILES string of the molecule is O=C(O)C12C=CC=CC1=NCN=C2. The predicted octanol–water partition coefficient (Wildman–Crippen LogP) is 0.666. The molecule has 4 nitrogen and oxygen atoms in total. The molecule has 13 heavy (non-hydrogen) atoms. The Morgan fingerprint density at radius 2 is 2.38 bits per heavy atom. The van der Waals surface area contributed by atoms with Crippen LogP contribution in [0.15, 0.2) is 34.3 Å². The molecule has 2 aliphatic rings. The molecule has 2 rings (SSSR count). The van der Waals surface area contributed by atoms with Crippen molar-refractivity contribution in [2.24, 2.45) is 15.4 Å². The maximum absolute atomic E-state index is 11.1. The highest BCUT2D eigenvalue weighted by Gasteiger charge is 2.40. The van der Waals surface area contributed by atoms with E-state index in [2.05, 4.69) is 9.98 Å². The lowest BCUT2D eigenvalue weighted by Crippen LogP contribution is -2.41. The fraction of sp³-hybridized carbons (Fsp3) is 0.222. The van der Waals surface area contributed by atoms with Gasteiger partial charge in [-0.2, -0.15) is 0 Å². The summed E-state index contributed by atoms with van der Waals surface area (Å²) >= 11 is 0. The molecule has 0 spiro atoms. The average Bonchev–Trinajstić information content (AvgIpc) is 2.17. The van der Waals surface area contributed by atoms with Crippen LogP contribution in [0.2, 0.25) is 0 Å². The maximum atomic E-state index is 11.1. The second-order valence-corrected chi connectivity index (χ2v) is 2.89. The molecule has 0 radical (unpaired) electrons. The Morgan fingerprint density at radius 1 is 1.54 bits per heavy atom. The van der Waals surface area contributed by atoms with E-state index >= 15 is 0 Å². The molecule has 1 heterocycles. The van der Waals surface area contributed by atoms with Crippen LogP contribution >= 0.6 is 0 Å². The van der Waals surface area contributed by atoms with E-state index in [4.69, 9.17) is 5.11 Å². The third-order valence-corrected chi connectivity index (χ3v) is 2.12. The van der Waals surface area contributed by atoms with Gasteiger partial charge >= 0.3 is 5.97 Å². The fourth-order valence-electron chi connectivity index (χ4n) is 1.41. The number of rotatable bonds is 1. The molecule has 0 saturated heterocycles. The molecule has 1 atom stereocenters. The number of carboxylic acids is 1. The summed E-state index contributed by atoms with van der Waals surface area (Å²) in [5, 5.41) is 9.07. The summed E-state index contributed by atoms with van der Waals surface area (Å²) in [6, 6.07) is 0. The molecular weight excluding hydrogens is 168 g/mol. The molecule has 0 aromatic heterocycles. The molecule has 0 saturated carbocycles. The molecule has 0 bridgehead atoms. The Labute approximate surface area is 75.0 Å². The first-order chi connectivity index (χ1) is 6.26. The summed E-state index contributed by atoms with van der Waals surface area (Å²) in [4.78, 5) is 19.0. The zero-order valence-electron chi connectivity index (χ0n) is 6.84. The maximum Gasteiger partial charge on any atom is 0.325 e. The van der Waals surface area contributed by atoms with Gasteiger partial charge in [-0.15, -0.1) is 0 Å². The Kier molecular flexibility index (Phi) is 1.62. The van der Waals surface area contributed by atoms with E-state index in [1.54, 1.807) is 24.3 Å². The topological polar surface area (TPSA) is 62.0 Å². The van der Waals surface area contributed by atoms with Crippen LogP contribution in [0.3, 0.4) is 0 Å². The van der Waals surface area contributed by atoms with Crippen molar-refractivity contribution in [3.05, 3.63) is 24.3 Å². The van der Waals surface area contributed by atoms with Crippen molar-refractivity contribution in [3.8, 4) is 0 Å². The number of hydrogen-bond donors (Lipinski definition) is 1. The van der Waals surface area contributed by atoms with Gasteiger partial charge in [0.15, 0.2) is 5.41 Å². The lowest BCUT2D eigenvalue weighted by Gasteiger charge is -2.25. The minimum Gasteiger partial charge on any atom is -0.480 e.